The number of esters is 1. The maximum Gasteiger partial charge on any atom is 0.343 e. The highest BCUT2D eigenvalue weighted by Crippen LogP contribution is 2.40. The molecule has 2 aromatic heterocycles. The lowest BCUT2D eigenvalue weighted by Crippen LogP contribution is -2.45. The minimum absolute atomic E-state index is 0.122. The van der Waals surface area contributed by atoms with Gasteiger partial charge in [0.1, 0.15) is 6.61 Å². The van der Waals surface area contributed by atoms with E-state index in [1.165, 1.54) is 0 Å². The molecule has 2 aliphatic rings. The Kier molecular flexibility index (Phi) is 4.34. The Morgan fingerprint density at radius 2 is 2.10 bits per heavy atom. The van der Waals surface area contributed by atoms with Gasteiger partial charge in [-0.05, 0) is 36.2 Å². The van der Waals surface area contributed by atoms with E-state index in [4.69, 9.17) is 9.72 Å². The Balaban J connectivity index is 1.81. The number of halogens is 2. The number of cyclic esters (lactones) is 1. The van der Waals surface area contributed by atoms with Crippen molar-refractivity contribution in [3.8, 4) is 11.4 Å². The summed E-state index contributed by atoms with van der Waals surface area (Å²) in [4.78, 5) is 30.3. The average molecular weight is 473 g/mol. The van der Waals surface area contributed by atoms with E-state index in [0.717, 1.165) is 32.9 Å². The SMILES string of the molecule is CCc1c2c(nc3ccc(Br)cc13)-c1cc3c(c(=O)n1C2)COC(=O)C3(O)CCF. The van der Waals surface area contributed by atoms with Gasteiger partial charge in [-0.3, -0.25) is 9.18 Å². The molecule has 0 aliphatic carbocycles. The largest absolute Gasteiger partial charge is 0.458 e. The minimum atomic E-state index is -2.17. The molecule has 0 saturated carbocycles. The van der Waals surface area contributed by atoms with Gasteiger partial charge < -0.3 is 14.4 Å². The van der Waals surface area contributed by atoms with Crippen molar-refractivity contribution in [2.75, 3.05) is 6.67 Å². The standard InChI is InChI=1S/C22H18BrFN2O4/c1-2-12-13-7-11(23)3-4-17(13)25-19-14(12)9-26-18(19)8-16-15(20(26)27)10-30-21(28)22(16,29)5-6-24/h3-4,7-8,29H,2,5-6,9-10H2,1H3. The molecule has 3 aromatic rings. The monoisotopic (exact) mass is 472 g/mol. The number of nitrogens with zero attached hydrogens (tertiary/aromatic N) is 2. The lowest BCUT2D eigenvalue weighted by atomic mass is 9.85. The highest BCUT2D eigenvalue weighted by molar-refractivity contribution is 9.10. The van der Waals surface area contributed by atoms with E-state index >= 15 is 0 Å². The van der Waals surface area contributed by atoms with E-state index < -0.39 is 24.7 Å². The van der Waals surface area contributed by atoms with Gasteiger partial charge in [-0.1, -0.05) is 22.9 Å². The molecule has 154 valence electrons. The molecule has 6 nitrogen and oxygen atoms in total. The third-order valence-electron chi connectivity index (χ3n) is 6.07. The topological polar surface area (TPSA) is 81.4 Å². The first kappa shape index (κ1) is 19.4. The van der Waals surface area contributed by atoms with Crippen LogP contribution in [-0.2, 0) is 34.7 Å². The minimum Gasteiger partial charge on any atom is -0.458 e. The summed E-state index contributed by atoms with van der Waals surface area (Å²) in [6.07, 6.45) is 0.293. The Morgan fingerprint density at radius 1 is 1.30 bits per heavy atom. The van der Waals surface area contributed by atoms with Crippen molar-refractivity contribution < 1.29 is 19.0 Å². The molecule has 1 N–H and O–H groups in total. The van der Waals surface area contributed by atoms with E-state index in [1.54, 1.807) is 10.6 Å². The molecule has 1 aromatic carbocycles. The van der Waals surface area contributed by atoms with E-state index in [-0.39, 0.29) is 23.3 Å². The van der Waals surface area contributed by atoms with Gasteiger partial charge in [-0.25, -0.2) is 9.78 Å². The number of aryl methyl sites for hydroxylation is 1. The van der Waals surface area contributed by atoms with Crippen LogP contribution >= 0.6 is 15.9 Å². The normalized spacial score (nSPS) is 19.4. The van der Waals surface area contributed by atoms with Gasteiger partial charge in [-0.15, -0.1) is 0 Å². The first-order valence-electron chi connectivity index (χ1n) is 9.73. The van der Waals surface area contributed by atoms with Gasteiger partial charge in [0.05, 0.1) is 35.7 Å². The van der Waals surface area contributed by atoms with Crippen molar-refractivity contribution in [2.24, 2.45) is 0 Å². The zero-order valence-corrected chi connectivity index (χ0v) is 17.8. The highest BCUT2D eigenvalue weighted by Gasteiger charge is 2.46. The number of carbonyl (C=O) groups excluding carboxylic acids is 1. The van der Waals surface area contributed by atoms with Gasteiger partial charge in [0.15, 0.2) is 5.60 Å². The Labute approximate surface area is 179 Å². The first-order chi connectivity index (χ1) is 14.4. The number of aliphatic hydroxyl groups is 1. The van der Waals surface area contributed by atoms with E-state index in [9.17, 15) is 19.1 Å². The second-order valence-electron chi connectivity index (χ2n) is 7.62. The first-order valence-corrected chi connectivity index (χ1v) is 10.5. The molecule has 2 aliphatic heterocycles. The van der Waals surface area contributed by atoms with Crippen LogP contribution in [0.15, 0.2) is 33.5 Å². The van der Waals surface area contributed by atoms with Crippen molar-refractivity contribution in [1.82, 2.24) is 9.55 Å². The van der Waals surface area contributed by atoms with Crippen LogP contribution in [0.1, 0.15) is 35.6 Å². The number of carbonyl (C=O) groups is 1. The van der Waals surface area contributed by atoms with Gasteiger partial charge in [0.25, 0.3) is 5.56 Å². The molecule has 0 radical (unpaired) electrons. The van der Waals surface area contributed by atoms with Gasteiger partial charge >= 0.3 is 5.97 Å². The molecular weight excluding hydrogens is 455 g/mol. The predicted octanol–water partition coefficient (Wildman–Crippen LogP) is 3.35. The molecule has 5 rings (SSSR count). The summed E-state index contributed by atoms with van der Waals surface area (Å²) >= 11 is 3.51. The van der Waals surface area contributed by atoms with Crippen LogP contribution < -0.4 is 5.56 Å². The van der Waals surface area contributed by atoms with Crippen molar-refractivity contribution in [2.45, 2.75) is 38.5 Å². The summed E-state index contributed by atoms with van der Waals surface area (Å²) in [5, 5.41) is 11.9. The molecule has 30 heavy (non-hydrogen) atoms. The summed E-state index contributed by atoms with van der Waals surface area (Å²) in [5.74, 6) is -0.930. The fourth-order valence-corrected chi connectivity index (χ4v) is 4.94. The van der Waals surface area contributed by atoms with Gasteiger partial charge in [0.2, 0.25) is 0 Å². The molecule has 0 spiro atoms. The number of benzene rings is 1. The molecular formula is C22H18BrFN2O4. The smallest absolute Gasteiger partial charge is 0.343 e. The number of aromatic nitrogens is 2. The Morgan fingerprint density at radius 3 is 2.83 bits per heavy atom. The molecule has 0 saturated heterocycles. The third-order valence-corrected chi connectivity index (χ3v) is 6.56. The van der Waals surface area contributed by atoms with Crippen LogP contribution in [-0.4, -0.2) is 27.3 Å². The number of fused-ring (bicyclic) bond motifs is 5. The summed E-state index contributed by atoms with van der Waals surface area (Å²) in [6.45, 7) is 1.25. The van der Waals surface area contributed by atoms with Crippen LogP contribution in [0.5, 0.6) is 0 Å². The van der Waals surface area contributed by atoms with Crippen LogP contribution in [0.25, 0.3) is 22.3 Å². The molecule has 8 heteroatoms. The van der Waals surface area contributed by atoms with Crippen LogP contribution in [0, 0.1) is 0 Å². The quantitative estimate of drug-likeness (QED) is 0.462. The predicted molar refractivity (Wildman–Crippen MR) is 112 cm³/mol. The highest BCUT2D eigenvalue weighted by atomic mass is 79.9. The average Bonchev–Trinajstić information content (AvgIpc) is 3.09. The van der Waals surface area contributed by atoms with Crippen molar-refractivity contribution in [1.29, 1.82) is 0 Å². The van der Waals surface area contributed by atoms with Crippen LogP contribution in [0.3, 0.4) is 0 Å². The van der Waals surface area contributed by atoms with Crippen molar-refractivity contribution in [3.05, 3.63) is 61.3 Å². The maximum absolute atomic E-state index is 13.3. The fraction of sp³-hybridized carbons (Fsp3) is 0.318. The molecule has 1 atom stereocenters. The number of pyridine rings is 2. The zero-order chi connectivity index (χ0) is 21.2. The van der Waals surface area contributed by atoms with Crippen LogP contribution in [0.4, 0.5) is 4.39 Å². The van der Waals surface area contributed by atoms with Crippen molar-refractivity contribution >= 4 is 32.8 Å². The number of hydrogen-bond acceptors (Lipinski definition) is 5. The van der Waals surface area contributed by atoms with Gasteiger partial charge in [0, 0.05) is 27.4 Å². The lowest BCUT2D eigenvalue weighted by Gasteiger charge is -2.31. The summed E-state index contributed by atoms with van der Waals surface area (Å²) < 4.78 is 20.7. The summed E-state index contributed by atoms with van der Waals surface area (Å²) in [5.41, 5.74) is 1.82. The second-order valence-corrected chi connectivity index (χ2v) is 8.54. The fourth-order valence-electron chi connectivity index (χ4n) is 4.58. The summed E-state index contributed by atoms with van der Waals surface area (Å²) in [6, 6.07) is 7.45. The molecule has 1 unspecified atom stereocenters. The maximum atomic E-state index is 13.3. The molecule has 0 fully saturated rings. The van der Waals surface area contributed by atoms with E-state index in [0.29, 0.717) is 17.9 Å². The zero-order valence-electron chi connectivity index (χ0n) is 16.2. The molecule has 4 heterocycles. The van der Waals surface area contributed by atoms with E-state index in [2.05, 4.69) is 22.9 Å². The van der Waals surface area contributed by atoms with Gasteiger partial charge in [-0.2, -0.15) is 0 Å². The molecule has 0 bridgehead atoms. The Hall–Kier alpha value is -2.58. The number of ether oxygens (including phenoxy) is 1. The van der Waals surface area contributed by atoms with Crippen LogP contribution in [0.2, 0.25) is 0 Å². The van der Waals surface area contributed by atoms with E-state index in [1.807, 2.05) is 18.2 Å². The molecule has 0 amide bonds. The number of rotatable bonds is 3. The number of alkyl halides is 1. The second kappa shape index (κ2) is 6.72. The number of hydrogen-bond donors (Lipinski definition) is 1. The summed E-state index contributed by atoms with van der Waals surface area (Å²) in [7, 11) is 0. The van der Waals surface area contributed by atoms with Crippen molar-refractivity contribution in [3.63, 3.8) is 0 Å². The third kappa shape index (κ3) is 2.53. The lowest BCUT2D eigenvalue weighted by molar-refractivity contribution is -0.173. The Bertz CT molecular complexity index is 1300.